The zero-order chi connectivity index (χ0) is 8.97. The Morgan fingerprint density at radius 1 is 1.17 bits per heavy atom. The second-order valence-electron chi connectivity index (χ2n) is 3.10. The standard InChI is InChI=1S/C10H15NSe/c1-11(2)10(12-3)9-7-5-4-6-8-9/h4-8,10H,1-3H3/p+1. The Hall–Kier alpha value is -0.301. The molecule has 1 aromatic rings. The minimum absolute atomic E-state index is 0.681. The van der Waals surface area contributed by atoms with E-state index in [-0.39, 0.29) is 0 Å². The van der Waals surface area contributed by atoms with Crippen molar-refractivity contribution in [1.29, 1.82) is 0 Å². The minimum atomic E-state index is 0.681. The topological polar surface area (TPSA) is 4.44 Å². The average Bonchev–Trinajstić information content (AvgIpc) is 2.07. The zero-order valence-electron chi connectivity index (χ0n) is 7.87. The van der Waals surface area contributed by atoms with E-state index >= 15 is 0 Å². The third-order valence-corrected chi connectivity index (χ3v) is 4.41. The summed E-state index contributed by atoms with van der Waals surface area (Å²) in [4.78, 5) is 2.24. The van der Waals surface area contributed by atoms with Gasteiger partial charge in [-0.1, -0.05) is 0 Å². The van der Waals surface area contributed by atoms with Crippen molar-refractivity contribution in [3.05, 3.63) is 35.9 Å². The van der Waals surface area contributed by atoms with E-state index in [2.05, 4.69) is 50.2 Å². The molecule has 0 bridgehead atoms. The average molecular weight is 229 g/mol. The van der Waals surface area contributed by atoms with Gasteiger partial charge in [0.15, 0.2) is 0 Å². The molecule has 1 rings (SSSR count). The van der Waals surface area contributed by atoms with Gasteiger partial charge < -0.3 is 0 Å². The van der Waals surface area contributed by atoms with Crippen molar-refractivity contribution in [2.24, 2.45) is 0 Å². The number of rotatable bonds is 3. The maximum absolute atomic E-state index is 2.30. The molecule has 0 fully saturated rings. The summed E-state index contributed by atoms with van der Waals surface area (Å²) < 4.78 is 0. The number of hydrogen-bond acceptors (Lipinski definition) is 0. The first-order valence-corrected chi connectivity index (χ1v) is 6.83. The molecule has 0 saturated carbocycles. The van der Waals surface area contributed by atoms with Gasteiger partial charge in [0.2, 0.25) is 0 Å². The van der Waals surface area contributed by atoms with Crippen LogP contribution >= 0.6 is 0 Å². The van der Waals surface area contributed by atoms with Crippen LogP contribution < -0.4 is 4.90 Å². The Bertz CT molecular complexity index is 221. The quantitative estimate of drug-likeness (QED) is 0.723. The van der Waals surface area contributed by atoms with Crippen LogP contribution in [0.3, 0.4) is 0 Å². The van der Waals surface area contributed by atoms with E-state index in [1.54, 1.807) is 0 Å². The monoisotopic (exact) mass is 230 g/mol. The Balaban J connectivity index is 2.80. The molecule has 0 aromatic heterocycles. The molecular weight excluding hydrogens is 213 g/mol. The van der Waals surface area contributed by atoms with Gasteiger partial charge in [0.25, 0.3) is 0 Å². The summed E-state index contributed by atoms with van der Waals surface area (Å²) in [5.41, 5.74) is 1.47. The van der Waals surface area contributed by atoms with E-state index in [1.165, 1.54) is 10.5 Å². The van der Waals surface area contributed by atoms with Crippen LogP contribution in [0.4, 0.5) is 0 Å². The number of benzene rings is 1. The van der Waals surface area contributed by atoms with E-state index in [4.69, 9.17) is 0 Å². The molecule has 2 heteroatoms. The summed E-state index contributed by atoms with van der Waals surface area (Å²) in [5.74, 6) is 2.30. The van der Waals surface area contributed by atoms with Gasteiger partial charge in [-0.3, -0.25) is 0 Å². The summed E-state index contributed by atoms with van der Waals surface area (Å²) >= 11 is 0.681. The maximum atomic E-state index is 2.30. The molecule has 1 N–H and O–H groups in total. The van der Waals surface area contributed by atoms with E-state index in [0.717, 1.165) is 0 Å². The van der Waals surface area contributed by atoms with Crippen molar-refractivity contribution in [2.75, 3.05) is 14.1 Å². The molecule has 1 aromatic carbocycles. The van der Waals surface area contributed by atoms with Crippen LogP contribution in [0.1, 0.15) is 10.5 Å². The van der Waals surface area contributed by atoms with Gasteiger partial charge >= 0.3 is 80.6 Å². The van der Waals surface area contributed by atoms with Crippen LogP contribution in [0.2, 0.25) is 5.82 Å². The predicted octanol–water partition coefficient (Wildman–Crippen LogP) is 0.582. The molecule has 0 aliphatic rings. The van der Waals surface area contributed by atoms with Crippen molar-refractivity contribution in [1.82, 2.24) is 0 Å². The third kappa shape index (κ3) is 2.34. The van der Waals surface area contributed by atoms with Gasteiger partial charge in [-0.05, 0) is 0 Å². The fourth-order valence-electron chi connectivity index (χ4n) is 1.33. The molecule has 0 aliphatic carbocycles. The number of quaternary nitrogens is 1. The number of hydrogen-bond donors (Lipinski definition) is 1. The molecule has 0 aliphatic heterocycles. The van der Waals surface area contributed by atoms with Crippen molar-refractivity contribution in [3.63, 3.8) is 0 Å². The molecule has 0 amide bonds. The van der Waals surface area contributed by atoms with Gasteiger partial charge in [-0.15, -0.1) is 0 Å². The molecule has 0 radical (unpaired) electrons. The second-order valence-corrected chi connectivity index (χ2v) is 5.08. The molecule has 1 nitrogen and oxygen atoms in total. The Labute approximate surface area is 80.9 Å². The van der Waals surface area contributed by atoms with Crippen LogP contribution in [-0.4, -0.2) is 29.1 Å². The van der Waals surface area contributed by atoms with Crippen molar-refractivity contribution >= 4 is 15.0 Å². The Morgan fingerprint density at radius 3 is 2.17 bits per heavy atom. The van der Waals surface area contributed by atoms with Gasteiger partial charge in [0.05, 0.1) is 0 Å². The molecule has 66 valence electrons. The fourth-order valence-corrected chi connectivity index (χ4v) is 3.22. The van der Waals surface area contributed by atoms with Gasteiger partial charge in [0, 0.05) is 0 Å². The summed E-state index contributed by atoms with van der Waals surface area (Å²) in [6, 6.07) is 10.8. The van der Waals surface area contributed by atoms with Crippen LogP contribution in [-0.2, 0) is 0 Å². The Kier molecular flexibility index (Phi) is 3.80. The van der Waals surface area contributed by atoms with Gasteiger partial charge in [-0.2, -0.15) is 0 Å². The normalized spacial score (nSPS) is 13.3. The SMILES string of the molecule is C[Se]C(c1ccccc1)[NH+](C)C. The predicted molar refractivity (Wildman–Crippen MR) is 53.6 cm³/mol. The van der Waals surface area contributed by atoms with E-state index in [9.17, 15) is 0 Å². The summed E-state index contributed by atoms with van der Waals surface area (Å²) in [7, 11) is 4.45. The Morgan fingerprint density at radius 2 is 1.75 bits per heavy atom. The van der Waals surface area contributed by atoms with E-state index in [0.29, 0.717) is 19.9 Å². The van der Waals surface area contributed by atoms with Gasteiger partial charge in [-0.25, -0.2) is 0 Å². The molecule has 1 unspecified atom stereocenters. The van der Waals surface area contributed by atoms with Gasteiger partial charge in [0.1, 0.15) is 0 Å². The molecule has 0 saturated heterocycles. The zero-order valence-corrected chi connectivity index (χ0v) is 9.59. The van der Waals surface area contributed by atoms with Crippen LogP contribution in [0, 0.1) is 0 Å². The molecule has 1 atom stereocenters. The van der Waals surface area contributed by atoms with E-state index < -0.39 is 0 Å². The first-order valence-electron chi connectivity index (χ1n) is 4.13. The summed E-state index contributed by atoms with van der Waals surface area (Å²) in [6.45, 7) is 0. The summed E-state index contributed by atoms with van der Waals surface area (Å²) in [6.07, 6.45) is 0. The molecule has 0 heterocycles. The van der Waals surface area contributed by atoms with Crippen molar-refractivity contribution < 1.29 is 4.90 Å². The molecular formula is C10H16NSe+. The van der Waals surface area contributed by atoms with Crippen LogP contribution in [0.15, 0.2) is 30.3 Å². The van der Waals surface area contributed by atoms with Crippen molar-refractivity contribution in [3.8, 4) is 0 Å². The van der Waals surface area contributed by atoms with Crippen LogP contribution in [0.25, 0.3) is 0 Å². The fraction of sp³-hybridized carbons (Fsp3) is 0.400. The summed E-state index contributed by atoms with van der Waals surface area (Å²) in [5, 5.41) is 0. The van der Waals surface area contributed by atoms with Crippen molar-refractivity contribution in [2.45, 2.75) is 10.8 Å². The number of nitrogens with one attached hydrogen (secondary N) is 1. The molecule has 12 heavy (non-hydrogen) atoms. The molecule has 0 spiro atoms. The van der Waals surface area contributed by atoms with E-state index in [1.807, 2.05) is 0 Å². The van der Waals surface area contributed by atoms with Crippen LogP contribution in [0.5, 0.6) is 0 Å². The first-order chi connectivity index (χ1) is 5.75. The first kappa shape index (κ1) is 9.78. The second kappa shape index (κ2) is 4.66. The third-order valence-electron chi connectivity index (χ3n) is 1.86.